The number of likely N-dealkylation sites (N-methyl/N-ethyl adjacent to an activating group) is 1. The lowest BCUT2D eigenvalue weighted by molar-refractivity contribution is -0.139. The zero-order chi connectivity index (χ0) is 14.5. The van der Waals surface area contributed by atoms with Crippen molar-refractivity contribution in [1.82, 2.24) is 15.1 Å². The standard InChI is InChI=1S/C13H23N3O4/c1-15(10-2-3-10)5-4-14-13(19)16-6-7-20-9-11(16)8-12(17)18/h10-11H,2-9H2,1H3,(H,14,19)(H,17,18). The molecule has 1 saturated heterocycles. The van der Waals surface area contributed by atoms with Gasteiger partial charge in [-0.2, -0.15) is 0 Å². The third-order valence-corrected chi connectivity index (χ3v) is 3.81. The molecule has 1 aliphatic carbocycles. The number of hydrogen-bond acceptors (Lipinski definition) is 4. The number of amides is 2. The molecule has 0 aromatic heterocycles. The monoisotopic (exact) mass is 285 g/mol. The van der Waals surface area contributed by atoms with E-state index in [0.29, 0.717) is 32.3 Å². The molecule has 0 radical (unpaired) electrons. The first-order valence-electron chi connectivity index (χ1n) is 7.12. The fraction of sp³-hybridized carbons (Fsp3) is 0.846. The number of carboxylic acid groups (broad SMARTS) is 1. The second-order valence-corrected chi connectivity index (χ2v) is 5.46. The van der Waals surface area contributed by atoms with Crippen molar-refractivity contribution in [1.29, 1.82) is 0 Å². The number of carbonyl (C=O) groups is 2. The number of ether oxygens (including phenoxy) is 1. The van der Waals surface area contributed by atoms with Gasteiger partial charge in [-0.3, -0.25) is 4.79 Å². The van der Waals surface area contributed by atoms with Gasteiger partial charge < -0.3 is 25.0 Å². The third-order valence-electron chi connectivity index (χ3n) is 3.81. The molecular formula is C13H23N3O4. The lowest BCUT2D eigenvalue weighted by Gasteiger charge is -2.34. The highest BCUT2D eigenvalue weighted by molar-refractivity contribution is 5.76. The molecule has 1 saturated carbocycles. The Morgan fingerprint density at radius 3 is 2.85 bits per heavy atom. The molecule has 2 amide bonds. The SMILES string of the molecule is CN(CCNC(=O)N1CCOCC1CC(=O)O)C1CC1. The number of carbonyl (C=O) groups excluding carboxylic acids is 1. The zero-order valence-corrected chi connectivity index (χ0v) is 11.9. The Hall–Kier alpha value is -1.34. The highest BCUT2D eigenvalue weighted by Crippen LogP contribution is 2.24. The van der Waals surface area contributed by atoms with Gasteiger partial charge in [-0.15, -0.1) is 0 Å². The Morgan fingerprint density at radius 2 is 2.20 bits per heavy atom. The fourth-order valence-corrected chi connectivity index (χ4v) is 2.43. The summed E-state index contributed by atoms with van der Waals surface area (Å²) in [5.74, 6) is -0.910. The molecule has 0 spiro atoms. The Balaban J connectivity index is 1.74. The van der Waals surface area contributed by atoms with Gasteiger partial charge in [-0.05, 0) is 19.9 Å². The third kappa shape index (κ3) is 4.35. The van der Waals surface area contributed by atoms with Gasteiger partial charge in [0, 0.05) is 25.7 Å². The molecular weight excluding hydrogens is 262 g/mol. The van der Waals surface area contributed by atoms with Crippen molar-refractivity contribution in [3.8, 4) is 0 Å². The van der Waals surface area contributed by atoms with Crippen molar-refractivity contribution in [2.75, 3.05) is 39.9 Å². The number of rotatable bonds is 6. The zero-order valence-electron chi connectivity index (χ0n) is 11.9. The van der Waals surface area contributed by atoms with Gasteiger partial charge in [0.1, 0.15) is 0 Å². The van der Waals surface area contributed by atoms with Crippen LogP contribution in [0.15, 0.2) is 0 Å². The summed E-state index contributed by atoms with van der Waals surface area (Å²) in [6.45, 7) is 2.61. The summed E-state index contributed by atoms with van der Waals surface area (Å²) >= 11 is 0. The number of carboxylic acids is 1. The molecule has 0 aromatic rings. The predicted molar refractivity (Wildman–Crippen MR) is 72.6 cm³/mol. The van der Waals surface area contributed by atoms with Gasteiger partial charge in [0.05, 0.1) is 25.7 Å². The summed E-state index contributed by atoms with van der Waals surface area (Å²) < 4.78 is 5.25. The Kier molecular flexibility index (Phi) is 5.19. The second-order valence-electron chi connectivity index (χ2n) is 5.46. The number of nitrogens with zero attached hydrogens (tertiary/aromatic N) is 2. The highest BCUT2D eigenvalue weighted by Gasteiger charge is 2.29. The quantitative estimate of drug-likeness (QED) is 0.716. The Morgan fingerprint density at radius 1 is 1.45 bits per heavy atom. The van der Waals surface area contributed by atoms with Crippen molar-refractivity contribution >= 4 is 12.0 Å². The first-order chi connectivity index (χ1) is 9.58. The smallest absolute Gasteiger partial charge is 0.317 e. The van der Waals surface area contributed by atoms with Crippen LogP contribution in [-0.2, 0) is 9.53 Å². The molecule has 20 heavy (non-hydrogen) atoms. The van der Waals surface area contributed by atoms with Crippen LogP contribution < -0.4 is 5.32 Å². The van der Waals surface area contributed by atoms with E-state index >= 15 is 0 Å². The number of nitrogens with one attached hydrogen (secondary N) is 1. The van der Waals surface area contributed by atoms with Crippen LogP contribution in [-0.4, -0.2) is 78.9 Å². The molecule has 114 valence electrons. The van der Waals surface area contributed by atoms with Crippen LogP contribution in [0.2, 0.25) is 0 Å². The molecule has 2 aliphatic rings. The molecule has 0 aromatic carbocycles. The molecule has 1 heterocycles. The van der Waals surface area contributed by atoms with Gasteiger partial charge in [-0.1, -0.05) is 0 Å². The van der Waals surface area contributed by atoms with Gasteiger partial charge in [0.15, 0.2) is 0 Å². The molecule has 1 atom stereocenters. The summed E-state index contributed by atoms with van der Waals surface area (Å²) in [7, 11) is 2.06. The molecule has 1 unspecified atom stereocenters. The highest BCUT2D eigenvalue weighted by atomic mass is 16.5. The average Bonchev–Trinajstić information content (AvgIpc) is 3.22. The van der Waals surface area contributed by atoms with Crippen molar-refractivity contribution in [2.24, 2.45) is 0 Å². The van der Waals surface area contributed by atoms with Crippen LogP contribution in [0.1, 0.15) is 19.3 Å². The normalized spacial score (nSPS) is 22.9. The van der Waals surface area contributed by atoms with E-state index in [2.05, 4.69) is 17.3 Å². The van der Waals surface area contributed by atoms with E-state index in [1.807, 2.05) is 0 Å². The largest absolute Gasteiger partial charge is 0.481 e. The Bertz CT molecular complexity index is 360. The molecule has 7 heteroatoms. The lowest BCUT2D eigenvalue weighted by atomic mass is 10.1. The molecule has 0 bridgehead atoms. The summed E-state index contributed by atoms with van der Waals surface area (Å²) in [5.41, 5.74) is 0. The topological polar surface area (TPSA) is 82.1 Å². The lowest BCUT2D eigenvalue weighted by Crippen LogP contribution is -2.53. The van der Waals surface area contributed by atoms with Crippen LogP contribution >= 0.6 is 0 Å². The van der Waals surface area contributed by atoms with E-state index in [-0.39, 0.29) is 18.5 Å². The number of aliphatic carboxylic acids is 1. The molecule has 2 N–H and O–H groups in total. The fourth-order valence-electron chi connectivity index (χ4n) is 2.43. The van der Waals surface area contributed by atoms with Crippen molar-refractivity contribution < 1.29 is 19.4 Å². The van der Waals surface area contributed by atoms with Crippen LogP contribution in [0, 0.1) is 0 Å². The van der Waals surface area contributed by atoms with E-state index in [0.717, 1.165) is 6.54 Å². The minimum atomic E-state index is -0.910. The molecule has 2 rings (SSSR count). The van der Waals surface area contributed by atoms with Crippen molar-refractivity contribution in [3.05, 3.63) is 0 Å². The van der Waals surface area contributed by atoms with Crippen molar-refractivity contribution in [3.63, 3.8) is 0 Å². The van der Waals surface area contributed by atoms with Gasteiger partial charge in [0.2, 0.25) is 0 Å². The molecule has 7 nitrogen and oxygen atoms in total. The van der Waals surface area contributed by atoms with Gasteiger partial charge >= 0.3 is 12.0 Å². The molecule has 1 aliphatic heterocycles. The van der Waals surface area contributed by atoms with Crippen LogP contribution in [0.4, 0.5) is 4.79 Å². The second kappa shape index (κ2) is 6.90. The van der Waals surface area contributed by atoms with Gasteiger partial charge in [0.25, 0.3) is 0 Å². The average molecular weight is 285 g/mol. The minimum Gasteiger partial charge on any atom is -0.481 e. The minimum absolute atomic E-state index is 0.0740. The van der Waals surface area contributed by atoms with Crippen LogP contribution in [0.3, 0.4) is 0 Å². The number of morpholine rings is 1. The summed E-state index contributed by atoms with van der Waals surface area (Å²) in [6.07, 6.45) is 2.42. The molecule has 2 fully saturated rings. The maximum atomic E-state index is 12.1. The summed E-state index contributed by atoms with van der Waals surface area (Å²) in [6, 6.07) is 0.112. The van der Waals surface area contributed by atoms with E-state index in [9.17, 15) is 9.59 Å². The number of hydrogen-bond donors (Lipinski definition) is 2. The first-order valence-corrected chi connectivity index (χ1v) is 7.12. The maximum Gasteiger partial charge on any atom is 0.317 e. The Labute approximate surface area is 118 Å². The van der Waals surface area contributed by atoms with E-state index in [1.54, 1.807) is 4.90 Å². The van der Waals surface area contributed by atoms with E-state index in [4.69, 9.17) is 9.84 Å². The summed E-state index contributed by atoms with van der Waals surface area (Å²) in [4.78, 5) is 26.7. The van der Waals surface area contributed by atoms with E-state index in [1.165, 1.54) is 12.8 Å². The number of urea groups is 1. The van der Waals surface area contributed by atoms with Crippen molar-refractivity contribution in [2.45, 2.75) is 31.3 Å². The van der Waals surface area contributed by atoms with E-state index < -0.39 is 5.97 Å². The van der Waals surface area contributed by atoms with Crippen LogP contribution in [0.25, 0.3) is 0 Å². The van der Waals surface area contributed by atoms with Gasteiger partial charge in [-0.25, -0.2) is 4.79 Å². The predicted octanol–water partition coefficient (Wildman–Crippen LogP) is -0.0343. The summed E-state index contributed by atoms with van der Waals surface area (Å²) in [5, 5.41) is 11.7. The first kappa shape index (κ1) is 15.1. The van der Waals surface area contributed by atoms with Crippen LogP contribution in [0.5, 0.6) is 0 Å². The maximum absolute atomic E-state index is 12.1.